The fraction of sp³-hybridized carbons (Fsp3) is 0.167. The normalized spacial score (nSPS) is 29.0. The number of hydrogen-bond acceptors (Lipinski definition) is 1. The fourth-order valence-corrected chi connectivity index (χ4v) is 2.26. The predicted octanol–water partition coefficient (Wildman–Crippen LogP) is 0.550. The Morgan fingerprint density at radius 2 is 2.50 bits per heavy atom. The Labute approximate surface area is 60.1 Å². The molecular formula is C6H7BiO. The zero-order valence-corrected chi connectivity index (χ0v) is 7.93. The van der Waals surface area contributed by atoms with E-state index in [2.05, 4.69) is 13.6 Å². The van der Waals surface area contributed by atoms with Crippen LogP contribution in [0.5, 0.6) is 0 Å². The molecule has 0 aromatic rings. The summed E-state index contributed by atoms with van der Waals surface area (Å²) in [5.74, 6) is 0. The Kier molecular flexibility index (Phi) is 3.05. The average molecular weight is 304 g/mol. The van der Waals surface area contributed by atoms with Gasteiger partial charge >= 0.3 is 60.0 Å². The van der Waals surface area contributed by atoms with E-state index in [4.69, 9.17) is 4.74 Å². The Balaban J connectivity index is 2.51. The number of ether oxygens (including phenoxy) is 1. The molecule has 1 aliphatic heterocycles. The predicted molar refractivity (Wildman–Crippen MR) is 36.0 cm³/mol. The first-order valence-corrected chi connectivity index (χ1v) is 6.46. The molecule has 0 N–H and O–H groups in total. The van der Waals surface area contributed by atoms with Gasteiger partial charge in [0.25, 0.3) is 0 Å². The maximum atomic E-state index is 5.00. The van der Waals surface area contributed by atoms with E-state index in [-0.39, 0.29) is 22.8 Å². The topological polar surface area (TPSA) is 9.23 Å². The van der Waals surface area contributed by atoms with Crippen molar-refractivity contribution in [2.75, 3.05) is 6.61 Å². The van der Waals surface area contributed by atoms with Crippen molar-refractivity contribution in [3.05, 3.63) is 22.2 Å². The van der Waals surface area contributed by atoms with Gasteiger partial charge in [0, 0.05) is 0 Å². The van der Waals surface area contributed by atoms with Crippen molar-refractivity contribution in [3.63, 3.8) is 0 Å². The average Bonchev–Trinajstić information content (AvgIpc) is 1.62. The van der Waals surface area contributed by atoms with Gasteiger partial charge in [0.2, 0.25) is 0 Å². The third-order valence-electron chi connectivity index (χ3n) is 0.731. The molecule has 0 aromatic carbocycles. The van der Waals surface area contributed by atoms with Crippen LogP contribution in [0.4, 0.5) is 0 Å². The molecule has 0 unspecified atom stereocenters. The first-order chi connectivity index (χ1) is 4.00. The van der Waals surface area contributed by atoms with Crippen LogP contribution in [-0.2, 0) is 4.74 Å². The van der Waals surface area contributed by atoms with Gasteiger partial charge in [-0.1, -0.05) is 0 Å². The van der Waals surface area contributed by atoms with Crippen molar-refractivity contribution in [3.8, 4) is 0 Å². The molecule has 8 heavy (non-hydrogen) atoms. The van der Waals surface area contributed by atoms with Gasteiger partial charge in [-0.15, -0.1) is 0 Å². The molecule has 0 aliphatic carbocycles. The summed E-state index contributed by atoms with van der Waals surface area (Å²) in [6, 6.07) is 0. The molecule has 1 nitrogen and oxygen atoms in total. The summed E-state index contributed by atoms with van der Waals surface area (Å²) in [7, 11) is 0. The summed E-state index contributed by atoms with van der Waals surface area (Å²) < 4.78 is 9.50. The van der Waals surface area contributed by atoms with E-state index in [9.17, 15) is 0 Å². The summed E-state index contributed by atoms with van der Waals surface area (Å²) in [5.41, 5.74) is 0. The van der Waals surface area contributed by atoms with Crippen LogP contribution < -0.4 is 0 Å². The minimum atomic E-state index is -0.335. The van der Waals surface area contributed by atoms with E-state index >= 15 is 0 Å². The van der Waals surface area contributed by atoms with Crippen LogP contribution in [0.15, 0.2) is 22.2 Å². The summed E-state index contributed by atoms with van der Waals surface area (Å²) in [6.07, 6.45) is 5.85. The Bertz CT molecular complexity index is 119. The Morgan fingerprint density at radius 1 is 1.50 bits per heavy atom. The molecule has 1 rings (SSSR count). The standard InChI is InChI=1S/C6H7O.Bi/c1-3-5-7-6-4-2;/h1-5H,6H2;/b4-2?,5-3-;. The van der Waals surface area contributed by atoms with Crippen LogP contribution in [0, 0.1) is 0 Å². The van der Waals surface area contributed by atoms with Crippen molar-refractivity contribution >= 4 is 26.5 Å². The fourth-order valence-electron chi connectivity index (χ4n) is 0.405. The quantitative estimate of drug-likeness (QED) is 0.594. The van der Waals surface area contributed by atoms with E-state index in [1.165, 1.54) is 0 Å². The summed E-state index contributed by atoms with van der Waals surface area (Å²) >= 11 is -0.335. The molecular weight excluding hydrogens is 297 g/mol. The molecule has 2 heteroatoms. The first-order valence-electron chi connectivity index (χ1n) is 2.45. The van der Waals surface area contributed by atoms with Crippen molar-refractivity contribution < 1.29 is 4.74 Å². The first kappa shape index (κ1) is 6.16. The molecule has 0 bridgehead atoms. The second-order valence-corrected chi connectivity index (χ2v) is 4.82. The second-order valence-electron chi connectivity index (χ2n) is 1.34. The summed E-state index contributed by atoms with van der Waals surface area (Å²) in [6.45, 7) is 0.758. The molecule has 0 radical (unpaired) electrons. The van der Waals surface area contributed by atoms with Crippen LogP contribution in [0.2, 0.25) is 0 Å². The van der Waals surface area contributed by atoms with E-state index in [1.54, 1.807) is 6.26 Å². The van der Waals surface area contributed by atoms with Gasteiger partial charge < -0.3 is 0 Å². The van der Waals surface area contributed by atoms with Crippen LogP contribution in [0.3, 0.4) is 0 Å². The summed E-state index contributed by atoms with van der Waals surface area (Å²) in [5, 5.41) is 0. The summed E-state index contributed by atoms with van der Waals surface area (Å²) in [4.78, 5) is 0. The van der Waals surface area contributed by atoms with Gasteiger partial charge in [0.05, 0.1) is 0 Å². The molecule has 1 heterocycles. The number of rotatable bonds is 0. The molecule has 0 saturated heterocycles. The van der Waals surface area contributed by atoms with Crippen molar-refractivity contribution in [2.24, 2.45) is 0 Å². The molecule has 1 aliphatic rings. The third-order valence-corrected chi connectivity index (χ3v) is 3.56. The van der Waals surface area contributed by atoms with Crippen LogP contribution in [0.1, 0.15) is 0 Å². The van der Waals surface area contributed by atoms with Gasteiger partial charge in [-0.3, -0.25) is 0 Å². The van der Waals surface area contributed by atoms with Gasteiger partial charge in [-0.25, -0.2) is 0 Å². The van der Waals surface area contributed by atoms with Gasteiger partial charge in [-0.2, -0.15) is 0 Å². The monoisotopic (exact) mass is 304 g/mol. The minimum absolute atomic E-state index is 0.335. The number of allylic oxidation sites excluding steroid dienone is 1. The third kappa shape index (κ3) is 2.37. The Hall–Kier alpha value is 0.0331. The zero-order valence-electron chi connectivity index (χ0n) is 4.45. The van der Waals surface area contributed by atoms with Crippen LogP contribution in [-0.4, -0.2) is 33.1 Å². The van der Waals surface area contributed by atoms with E-state index in [0.29, 0.717) is 0 Å². The Morgan fingerprint density at radius 3 is 3.50 bits per heavy atom. The van der Waals surface area contributed by atoms with E-state index < -0.39 is 0 Å². The van der Waals surface area contributed by atoms with Gasteiger partial charge in [0.15, 0.2) is 0 Å². The number of hydrogen-bond donors (Lipinski definition) is 0. The van der Waals surface area contributed by atoms with Gasteiger partial charge in [-0.05, 0) is 0 Å². The molecule has 42 valence electrons. The second kappa shape index (κ2) is 3.97. The SMILES string of the molecule is C1=C/OC\C=[CH]/[Bi]=[CH]\1. The molecule has 0 atom stereocenters. The van der Waals surface area contributed by atoms with Crippen LogP contribution in [0.25, 0.3) is 0 Å². The maximum absolute atomic E-state index is 5.00. The van der Waals surface area contributed by atoms with Crippen molar-refractivity contribution in [1.29, 1.82) is 0 Å². The van der Waals surface area contributed by atoms with Crippen molar-refractivity contribution in [1.82, 2.24) is 0 Å². The molecule has 0 fully saturated rings. The van der Waals surface area contributed by atoms with Crippen molar-refractivity contribution in [2.45, 2.75) is 0 Å². The molecule has 0 amide bonds. The zero-order chi connectivity index (χ0) is 5.66. The van der Waals surface area contributed by atoms with Gasteiger partial charge in [0.1, 0.15) is 0 Å². The van der Waals surface area contributed by atoms with E-state index in [1.807, 2.05) is 6.08 Å². The van der Waals surface area contributed by atoms with E-state index in [0.717, 1.165) is 6.61 Å². The molecule has 0 saturated carbocycles. The van der Waals surface area contributed by atoms with Crippen LogP contribution >= 0.6 is 0 Å². The molecule has 0 aromatic heterocycles. The molecule has 0 spiro atoms.